The molecule has 0 radical (unpaired) electrons. The summed E-state index contributed by atoms with van der Waals surface area (Å²) >= 11 is 0. The fraction of sp³-hybridized carbons (Fsp3) is 0.923. The second-order valence-electron chi connectivity index (χ2n) is 5.89. The zero-order valence-electron chi connectivity index (χ0n) is 11.5. The number of hydrogen-bond donors (Lipinski definition) is 2. The highest BCUT2D eigenvalue weighted by atomic mass is 19.4. The van der Waals surface area contributed by atoms with Gasteiger partial charge in [-0.2, -0.15) is 13.2 Å². The van der Waals surface area contributed by atoms with Crippen LogP contribution in [0.4, 0.5) is 13.2 Å². The number of piperidine rings is 1. The number of nitrogens with zero attached hydrogens (tertiary/aromatic N) is 1. The fourth-order valence-electron chi connectivity index (χ4n) is 3.11. The van der Waals surface area contributed by atoms with Crippen LogP contribution in [0.2, 0.25) is 0 Å². The van der Waals surface area contributed by atoms with E-state index in [9.17, 15) is 23.1 Å². The second kappa shape index (κ2) is 5.52. The number of halogens is 3. The van der Waals surface area contributed by atoms with E-state index < -0.39 is 23.6 Å². The van der Waals surface area contributed by atoms with Crippen molar-refractivity contribution >= 4 is 5.97 Å². The average Bonchev–Trinajstić information content (AvgIpc) is 3.19. The summed E-state index contributed by atoms with van der Waals surface area (Å²) in [5, 5.41) is 12.4. The van der Waals surface area contributed by atoms with E-state index in [2.05, 4.69) is 5.32 Å². The Morgan fingerprint density at radius 1 is 1.20 bits per heavy atom. The molecule has 2 N–H and O–H groups in total. The molecule has 1 unspecified atom stereocenters. The van der Waals surface area contributed by atoms with Crippen LogP contribution in [0.25, 0.3) is 0 Å². The van der Waals surface area contributed by atoms with Crippen molar-refractivity contribution in [1.29, 1.82) is 0 Å². The lowest BCUT2D eigenvalue weighted by molar-refractivity contribution is -0.186. The zero-order valence-corrected chi connectivity index (χ0v) is 11.5. The van der Waals surface area contributed by atoms with E-state index in [-0.39, 0.29) is 25.3 Å². The minimum Gasteiger partial charge on any atom is -0.480 e. The average molecular weight is 294 g/mol. The van der Waals surface area contributed by atoms with Crippen LogP contribution in [0.15, 0.2) is 0 Å². The van der Waals surface area contributed by atoms with Gasteiger partial charge in [-0.3, -0.25) is 4.79 Å². The quantitative estimate of drug-likeness (QED) is 0.810. The predicted molar refractivity (Wildman–Crippen MR) is 67.4 cm³/mol. The third-order valence-electron chi connectivity index (χ3n) is 4.63. The maximum absolute atomic E-state index is 12.6. The molecule has 0 bridgehead atoms. The Morgan fingerprint density at radius 2 is 1.75 bits per heavy atom. The third kappa shape index (κ3) is 3.09. The SMILES string of the molecule is CNC(CN1CCC(C(F)(F)F)CC1)(C(=O)O)C1CC1. The molecule has 2 rings (SSSR count). The van der Waals surface area contributed by atoms with Gasteiger partial charge in [0.05, 0.1) is 5.92 Å². The molecule has 116 valence electrons. The molecule has 1 saturated heterocycles. The Labute approximate surface area is 116 Å². The highest BCUT2D eigenvalue weighted by Crippen LogP contribution is 2.41. The van der Waals surface area contributed by atoms with Gasteiger partial charge in [-0.25, -0.2) is 0 Å². The molecule has 20 heavy (non-hydrogen) atoms. The van der Waals surface area contributed by atoms with E-state index in [1.54, 1.807) is 7.05 Å². The van der Waals surface area contributed by atoms with Crippen molar-refractivity contribution < 1.29 is 23.1 Å². The summed E-state index contributed by atoms with van der Waals surface area (Å²) in [6.45, 7) is 0.912. The number of likely N-dealkylation sites (N-methyl/N-ethyl adjacent to an activating group) is 1. The maximum atomic E-state index is 12.6. The summed E-state index contributed by atoms with van der Waals surface area (Å²) in [6, 6.07) is 0. The number of alkyl halides is 3. The van der Waals surface area contributed by atoms with E-state index in [1.807, 2.05) is 4.90 Å². The van der Waals surface area contributed by atoms with E-state index in [4.69, 9.17) is 0 Å². The van der Waals surface area contributed by atoms with E-state index >= 15 is 0 Å². The monoisotopic (exact) mass is 294 g/mol. The number of aliphatic carboxylic acids is 1. The van der Waals surface area contributed by atoms with Crippen LogP contribution < -0.4 is 5.32 Å². The molecule has 0 aromatic carbocycles. The van der Waals surface area contributed by atoms with Crippen molar-refractivity contribution in [3.8, 4) is 0 Å². The molecule has 0 aromatic rings. The highest BCUT2D eigenvalue weighted by Gasteiger charge is 2.51. The first kappa shape index (κ1) is 15.6. The van der Waals surface area contributed by atoms with Gasteiger partial charge >= 0.3 is 12.1 Å². The second-order valence-corrected chi connectivity index (χ2v) is 5.89. The topological polar surface area (TPSA) is 52.6 Å². The molecule has 0 aromatic heterocycles. The lowest BCUT2D eigenvalue weighted by Crippen LogP contribution is -2.60. The first-order valence-electron chi connectivity index (χ1n) is 7.01. The number of carbonyl (C=O) groups is 1. The van der Waals surface area contributed by atoms with Gasteiger partial charge in [0, 0.05) is 6.54 Å². The summed E-state index contributed by atoms with van der Waals surface area (Å²) in [7, 11) is 1.62. The van der Waals surface area contributed by atoms with Crippen LogP contribution in [-0.4, -0.2) is 54.4 Å². The Balaban J connectivity index is 1.95. The number of carboxylic acids is 1. The van der Waals surface area contributed by atoms with Gasteiger partial charge in [0.2, 0.25) is 0 Å². The lowest BCUT2D eigenvalue weighted by atomic mass is 9.90. The van der Waals surface area contributed by atoms with Crippen molar-refractivity contribution in [3.05, 3.63) is 0 Å². The zero-order chi connectivity index (χ0) is 15.0. The first-order valence-corrected chi connectivity index (χ1v) is 7.01. The largest absolute Gasteiger partial charge is 0.480 e. The molecule has 0 spiro atoms. The standard InChI is InChI=1S/C13H21F3N2O2/c1-17-12(11(19)20,9-2-3-9)8-18-6-4-10(5-7-18)13(14,15)16/h9-10,17H,2-8H2,1H3,(H,19,20). The Hall–Kier alpha value is -0.820. The number of nitrogens with one attached hydrogen (secondary N) is 1. The predicted octanol–water partition coefficient (Wildman–Crippen LogP) is 1.71. The van der Waals surface area contributed by atoms with Crippen LogP contribution in [-0.2, 0) is 4.79 Å². The third-order valence-corrected chi connectivity index (χ3v) is 4.63. The normalized spacial score (nSPS) is 25.4. The summed E-state index contributed by atoms with van der Waals surface area (Å²) < 4.78 is 37.8. The Morgan fingerprint density at radius 3 is 2.10 bits per heavy atom. The number of hydrogen-bond acceptors (Lipinski definition) is 3. The fourth-order valence-corrected chi connectivity index (χ4v) is 3.11. The number of rotatable bonds is 5. The molecular weight excluding hydrogens is 273 g/mol. The smallest absolute Gasteiger partial charge is 0.391 e. The molecule has 1 aliphatic heterocycles. The van der Waals surface area contributed by atoms with E-state index in [0.29, 0.717) is 13.1 Å². The summed E-state index contributed by atoms with van der Waals surface area (Å²) in [4.78, 5) is 13.4. The van der Waals surface area contributed by atoms with Crippen LogP contribution in [0.3, 0.4) is 0 Å². The maximum Gasteiger partial charge on any atom is 0.391 e. The summed E-state index contributed by atoms with van der Waals surface area (Å²) in [6.07, 6.45) is -2.27. The van der Waals surface area contributed by atoms with Crippen molar-refractivity contribution in [3.63, 3.8) is 0 Å². The van der Waals surface area contributed by atoms with Crippen molar-refractivity contribution in [2.45, 2.75) is 37.4 Å². The molecule has 0 amide bonds. The highest BCUT2D eigenvalue weighted by molar-refractivity contribution is 5.80. The summed E-state index contributed by atoms with van der Waals surface area (Å²) in [5.74, 6) is -2.06. The number of likely N-dealkylation sites (tertiary alicyclic amines) is 1. The van der Waals surface area contributed by atoms with Crippen LogP contribution in [0.1, 0.15) is 25.7 Å². The van der Waals surface area contributed by atoms with Crippen molar-refractivity contribution in [1.82, 2.24) is 10.2 Å². The molecular formula is C13H21F3N2O2. The lowest BCUT2D eigenvalue weighted by Gasteiger charge is -2.39. The molecule has 7 heteroatoms. The molecule has 1 aliphatic carbocycles. The summed E-state index contributed by atoms with van der Waals surface area (Å²) in [5.41, 5.74) is -1.01. The molecule has 4 nitrogen and oxygen atoms in total. The molecule has 1 saturated carbocycles. The Kier molecular flexibility index (Phi) is 4.30. The van der Waals surface area contributed by atoms with Crippen molar-refractivity contribution in [2.24, 2.45) is 11.8 Å². The van der Waals surface area contributed by atoms with E-state index in [0.717, 1.165) is 12.8 Å². The van der Waals surface area contributed by atoms with Gasteiger partial charge in [0.15, 0.2) is 0 Å². The molecule has 2 aliphatic rings. The van der Waals surface area contributed by atoms with Gasteiger partial charge in [-0.1, -0.05) is 0 Å². The minimum absolute atomic E-state index is 0.0631. The van der Waals surface area contributed by atoms with Gasteiger partial charge in [0.1, 0.15) is 5.54 Å². The van der Waals surface area contributed by atoms with Gasteiger partial charge in [0.25, 0.3) is 0 Å². The number of carboxylic acid groups (broad SMARTS) is 1. The first-order chi connectivity index (χ1) is 9.29. The van der Waals surface area contributed by atoms with Crippen molar-refractivity contribution in [2.75, 3.05) is 26.7 Å². The minimum atomic E-state index is -4.13. The van der Waals surface area contributed by atoms with Crippen LogP contribution in [0, 0.1) is 11.8 Å². The van der Waals surface area contributed by atoms with Crippen LogP contribution in [0.5, 0.6) is 0 Å². The van der Waals surface area contributed by atoms with E-state index in [1.165, 1.54) is 0 Å². The molecule has 1 heterocycles. The van der Waals surface area contributed by atoms with Gasteiger partial charge in [-0.05, 0) is 51.7 Å². The molecule has 1 atom stereocenters. The Bertz CT molecular complexity index is 363. The molecule has 2 fully saturated rings. The van der Waals surface area contributed by atoms with Gasteiger partial charge < -0.3 is 15.3 Å². The van der Waals surface area contributed by atoms with Gasteiger partial charge in [-0.15, -0.1) is 0 Å². The van der Waals surface area contributed by atoms with Crippen LogP contribution >= 0.6 is 0 Å².